The first-order valence-electron chi connectivity index (χ1n) is 9.81. The summed E-state index contributed by atoms with van der Waals surface area (Å²) in [5.74, 6) is -0.321. The van der Waals surface area contributed by atoms with Gasteiger partial charge in [-0.3, -0.25) is 4.90 Å². The van der Waals surface area contributed by atoms with Crippen LogP contribution in [0.5, 0.6) is 0 Å². The van der Waals surface area contributed by atoms with Crippen molar-refractivity contribution in [2.45, 2.75) is 30.8 Å². The number of rotatable bonds is 4. The summed E-state index contributed by atoms with van der Waals surface area (Å²) in [5, 5.41) is 7.33. The summed E-state index contributed by atoms with van der Waals surface area (Å²) in [6, 6.07) is 8.48. The summed E-state index contributed by atoms with van der Waals surface area (Å²) in [4.78, 5) is 18.6. The molecule has 3 heterocycles. The maximum Gasteiger partial charge on any atom is 0.322 e. The van der Waals surface area contributed by atoms with Crippen molar-refractivity contribution in [3.05, 3.63) is 65.9 Å². The van der Waals surface area contributed by atoms with Crippen LogP contribution in [-0.2, 0) is 16.3 Å². The molecule has 0 spiro atoms. The highest BCUT2D eigenvalue weighted by molar-refractivity contribution is 7.90. The molecule has 2 aromatic heterocycles. The van der Waals surface area contributed by atoms with Crippen LogP contribution in [-0.4, -0.2) is 42.0 Å². The maximum absolute atomic E-state index is 13.3. The second kappa shape index (κ2) is 8.10. The lowest BCUT2D eigenvalue weighted by atomic mass is 10.1. The Morgan fingerprint density at radius 3 is 2.55 bits per heavy atom. The molecule has 1 aliphatic heterocycles. The minimum atomic E-state index is -3.38. The third kappa shape index (κ3) is 4.29. The number of nitrogens with zero attached hydrogens (tertiary/aromatic N) is 4. The Labute approximate surface area is 179 Å². The molecule has 0 saturated carbocycles. The van der Waals surface area contributed by atoms with Crippen molar-refractivity contribution in [3.8, 4) is 5.69 Å². The Balaban J connectivity index is 1.52. The van der Waals surface area contributed by atoms with Gasteiger partial charge in [0.05, 0.1) is 29.3 Å². The molecule has 0 bridgehead atoms. The molecule has 162 valence electrons. The van der Waals surface area contributed by atoms with Crippen LogP contribution in [0.1, 0.15) is 30.6 Å². The predicted molar refractivity (Wildman–Crippen MR) is 113 cm³/mol. The van der Waals surface area contributed by atoms with Gasteiger partial charge in [0.25, 0.3) is 0 Å². The lowest BCUT2D eigenvalue weighted by Crippen LogP contribution is -2.43. The molecule has 1 aromatic carbocycles. The number of benzene rings is 1. The van der Waals surface area contributed by atoms with Gasteiger partial charge in [0.1, 0.15) is 5.82 Å². The molecular formula is C21H22FN5O3S. The number of carbonyl (C=O) groups excluding carboxylic acids is 1. The van der Waals surface area contributed by atoms with Crippen LogP contribution >= 0.6 is 0 Å². The van der Waals surface area contributed by atoms with E-state index in [2.05, 4.69) is 15.4 Å². The first-order chi connectivity index (χ1) is 14.7. The Kier molecular flexibility index (Phi) is 5.48. The SMILES string of the molecule is C[C@H](NC(=O)N1CCCc2c1cnn2-c1ccc(F)cc1)c1ccc(S(C)(=O)=O)nc1. The fraction of sp³-hybridized carbons (Fsp3) is 0.286. The van der Waals surface area contributed by atoms with E-state index in [0.717, 1.165) is 30.5 Å². The minimum Gasteiger partial charge on any atom is -0.331 e. The number of hydrogen-bond acceptors (Lipinski definition) is 5. The zero-order valence-corrected chi connectivity index (χ0v) is 17.9. The number of hydrogen-bond donors (Lipinski definition) is 1. The molecule has 1 atom stereocenters. The van der Waals surface area contributed by atoms with Gasteiger partial charge in [0, 0.05) is 19.0 Å². The number of nitrogens with one attached hydrogen (secondary N) is 1. The van der Waals surface area contributed by atoms with Crippen LogP contribution in [0, 0.1) is 5.82 Å². The normalized spacial score (nSPS) is 14.7. The lowest BCUT2D eigenvalue weighted by Gasteiger charge is -2.29. The summed E-state index contributed by atoms with van der Waals surface area (Å²) in [6.07, 6.45) is 5.72. The number of carbonyl (C=O) groups is 1. The van der Waals surface area contributed by atoms with Crippen molar-refractivity contribution < 1.29 is 17.6 Å². The van der Waals surface area contributed by atoms with Gasteiger partial charge in [-0.15, -0.1) is 0 Å². The summed E-state index contributed by atoms with van der Waals surface area (Å²) in [5.41, 5.74) is 3.03. The van der Waals surface area contributed by atoms with Crippen molar-refractivity contribution in [3.63, 3.8) is 0 Å². The van der Waals surface area contributed by atoms with E-state index in [1.165, 1.54) is 24.4 Å². The summed E-state index contributed by atoms with van der Waals surface area (Å²) >= 11 is 0. The van der Waals surface area contributed by atoms with Crippen LogP contribution in [0.3, 0.4) is 0 Å². The molecule has 8 nitrogen and oxygen atoms in total. The third-order valence-corrected chi connectivity index (χ3v) is 6.23. The average Bonchev–Trinajstić information content (AvgIpc) is 3.18. The largest absolute Gasteiger partial charge is 0.331 e. The average molecular weight is 444 g/mol. The van der Waals surface area contributed by atoms with Gasteiger partial charge in [0.15, 0.2) is 14.9 Å². The van der Waals surface area contributed by atoms with E-state index in [4.69, 9.17) is 0 Å². The van der Waals surface area contributed by atoms with Crippen LogP contribution in [0.15, 0.2) is 53.8 Å². The monoisotopic (exact) mass is 443 g/mol. The number of anilines is 1. The van der Waals surface area contributed by atoms with Crippen LogP contribution in [0.25, 0.3) is 5.69 Å². The van der Waals surface area contributed by atoms with Crippen molar-refractivity contribution >= 4 is 21.6 Å². The Hall–Kier alpha value is -3.27. The highest BCUT2D eigenvalue weighted by Crippen LogP contribution is 2.29. The molecule has 0 saturated heterocycles. The lowest BCUT2D eigenvalue weighted by molar-refractivity contribution is 0.243. The molecule has 4 rings (SSSR count). The van der Waals surface area contributed by atoms with Gasteiger partial charge in [-0.25, -0.2) is 27.3 Å². The van der Waals surface area contributed by atoms with E-state index >= 15 is 0 Å². The molecule has 31 heavy (non-hydrogen) atoms. The van der Waals surface area contributed by atoms with Crippen LogP contribution in [0.4, 0.5) is 14.9 Å². The van der Waals surface area contributed by atoms with E-state index < -0.39 is 9.84 Å². The molecule has 10 heteroatoms. The first-order valence-corrected chi connectivity index (χ1v) is 11.7. The van der Waals surface area contributed by atoms with Crippen molar-refractivity contribution in [2.24, 2.45) is 0 Å². The predicted octanol–water partition coefficient (Wildman–Crippen LogP) is 3.03. The summed E-state index contributed by atoms with van der Waals surface area (Å²) in [7, 11) is -3.38. The highest BCUT2D eigenvalue weighted by Gasteiger charge is 2.27. The number of pyridine rings is 1. The quantitative estimate of drug-likeness (QED) is 0.669. The van der Waals surface area contributed by atoms with Gasteiger partial charge < -0.3 is 5.32 Å². The first kappa shape index (κ1) is 21.0. The van der Waals surface area contributed by atoms with Crippen LogP contribution in [0.2, 0.25) is 0 Å². The Morgan fingerprint density at radius 2 is 1.90 bits per heavy atom. The van der Waals surface area contributed by atoms with Gasteiger partial charge >= 0.3 is 6.03 Å². The number of fused-ring (bicyclic) bond motifs is 1. The van der Waals surface area contributed by atoms with Gasteiger partial charge in [0.2, 0.25) is 0 Å². The zero-order valence-electron chi connectivity index (χ0n) is 17.1. The second-order valence-corrected chi connectivity index (χ2v) is 9.46. The van der Waals surface area contributed by atoms with Crippen molar-refractivity contribution in [1.29, 1.82) is 0 Å². The topological polar surface area (TPSA) is 97.2 Å². The zero-order chi connectivity index (χ0) is 22.2. The maximum atomic E-state index is 13.3. The fourth-order valence-corrected chi connectivity index (χ4v) is 4.14. The number of aromatic nitrogens is 3. The van der Waals surface area contributed by atoms with E-state index in [0.29, 0.717) is 17.8 Å². The minimum absolute atomic E-state index is 0.0105. The van der Waals surface area contributed by atoms with E-state index in [1.54, 1.807) is 34.0 Å². The van der Waals surface area contributed by atoms with E-state index in [1.807, 2.05) is 6.92 Å². The van der Waals surface area contributed by atoms with Gasteiger partial charge in [-0.05, 0) is 55.7 Å². The van der Waals surface area contributed by atoms with Crippen molar-refractivity contribution in [1.82, 2.24) is 20.1 Å². The fourth-order valence-electron chi connectivity index (χ4n) is 3.58. The molecule has 0 aliphatic carbocycles. The molecule has 0 fully saturated rings. The smallest absolute Gasteiger partial charge is 0.322 e. The van der Waals surface area contributed by atoms with Crippen molar-refractivity contribution in [2.75, 3.05) is 17.7 Å². The molecular weight excluding hydrogens is 421 g/mol. The van der Waals surface area contributed by atoms with Gasteiger partial charge in [-0.2, -0.15) is 5.10 Å². The molecule has 3 aromatic rings. The number of amides is 2. The highest BCUT2D eigenvalue weighted by atomic mass is 32.2. The Bertz CT molecular complexity index is 1210. The number of urea groups is 1. The van der Waals surface area contributed by atoms with Gasteiger partial charge in [-0.1, -0.05) is 6.07 Å². The Morgan fingerprint density at radius 1 is 1.16 bits per heavy atom. The van der Waals surface area contributed by atoms with E-state index in [-0.39, 0.29) is 22.9 Å². The standard InChI is InChI=1S/C21H22FN5O3S/c1-14(15-5-10-20(23-12-15)31(2,29)30)25-21(28)26-11-3-4-18-19(26)13-24-27(18)17-8-6-16(22)7-9-17/h5-10,12-14H,3-4,11H2,1-2H3,(H,25,28)/t14-/m0/s1. The molecule has 1 aliphatic rings. The summed E-state index contributed by atoms with van der Waals surface area (Å²) < 4.78 is 38.1. The molecule has 0 unspecified atom stereocenters. The summed E-state index contributed by atoms with van der Waals surface area (Å²) in [6.45, 7) is 2.35. The molecule has 0 radical (unpaired) electrons. The molecule has 2 amide bonds. The number of sulfone groups is 1. The van der Waals surface area contributed by atoms with E-state index in [9.17, 15) is 17.6 Å². The third-order valence-electron chi connectivity index (χ3n) is 5.23. The molecule has 1 N–H and O–H groups in total. The van der Waals surface area contributed by atoms with Crippen LogP contribution < -0.4 is 10.2 Å². The number of halogens is 1. The second-order valence-electron chi connectivity index (χ2n) is 7.49.